The van der Waals surface area contributed by atoms with Gasteiger partial charge in [0.1, 0.15) is 0 Å². The molecule has 0 heterocycles. The SMILES string of the molecule is CCCCCCCCCCCCCCCCCCCC(CCC)CCCCCCCCCCCCCCCCCC.[H-].[Na+]. The van der Waals surface area contributed by atoms with Gasteiger partial charge in [-0.25, -0.2) is 0 Å². The Balaban J connectivity index is -0.00000800. The van der Waals surface area contributed by atoms with E-state index in [1.165, 1.54) is 238 Å². The zero-order valence-corrected chi connectivity index (χ0v) is 32.7. The average molecular weight is 601 g/mol. The van der Waals surface area contributed by atoms with Gasteiger partial charge in [0.05, 0.1) is 0 Å². The van der Waals surface area contributed by atoms with E-state index in [-0.39, 0.29) is 31.0 Å². The summed E-state index contributed by atoms with van der Waals surface area (Å²) in [5, 5.41) is 0. The van der Waals surface area contributed by atoms with Crippen molar-refractivity contribution >= 4 is 0 Å². The minimum absolute atomic E-state index is 0. The maximum Gasteiger partial charge on any atom is 1.00 e. The second-order valence-corrected chi connectivity index (χ2v) is 14.2. The maximum atomic E-state index is 2.40. The molecule has 0 N–H and O–H groups in total. The molecule has 0 saturated heterocycles. The molecule has 0 nitrogen and oxygen atoms in total. The van der Waals surface area contributed by atoms with Crippen molar-refractivity contribution in [2.45, 2.75) is 258 Å². The van der Waals surface area contributed by atoms with Gasteiger partial charge in [0, 0.05) is 0 Å². The summed E-state index contributed by atoms with van der Waals surface area (Å²) in [6, 6.07) is 0. The van der Waals surface area contributed by atoms with Crippen LogP contribution in [0.25, 0.3) is 0 Å². The van der Waals surface area contributed by atoms with Crippen LogP contribution in [0.1, 0.15) is 260 Å². The predicted molar refractivity (Wildman–Crippen MR) is 192 cm³/mol. The van der Waals surface area contributed by atoms with Gasteiger partial charge in [-0.3, -0.25) is 0 Å². The number of unbranched alkanes of at least 4 members (excludes halogenated alkanes) is 31. The third-order valence-electron chi connectivity index (χ3n) is 9.88. The van der Waals surface area contributed by atoms with E-state index in [0.717, 1.165) is 5.92 Å². The zero-order chi connectivity index (χ0) is 29.7. The summed E-state index contributed by atoms with van der Waals surface area (Å²) in [5.41, 5.74) is 0. The summed E-state index contributed by atoms with van der Waals surface area (Å²) in [4.78, 5) is 0. The molecule has 0 rings (SSSR count). The Kier molecular flexibility index (Phi) is 45.1. The second kappa shape index (κ2) is 42.0. The van der Waals surface area contributed by atoms with E-state index >= 15 is 0 Å². The predicted octanol–water partition coefficient (Wildman–Crippen LogP) is 13.2. The minimum atomic E-state index is 0. The zero-order valence-electron chi connectivity index (χ0n) is 31.7. The van der Waals surface area contributed by atoms with E-state index in [0.29, 0.717) is 0 Å². The first-order valence-electron chi connectivity index (χ1n) is 20.3. The molecule has 1 heteroatoms. The molecule has 42 heavy (non-hydrogen) atoms. The molecule has 0 aliphatic heterocycles. The van der Waals surface area contributed by atoms with Gasteiger partial charge in [-0.05, 0) is 5.92 Å². The fourth-order valence-corrected chi connectivity index (χ4v) is 6.98. The molecule has 0 aromatic carbocycles. The molecule has 0 aromatic rings. The molecular weight excluding hydrogens is 515 g/mol. The van der Waals surface area contributed by atoms with Crippen LogP contribution in [0.3, 0.4) is 0 Å². The van der Waals surface area contributed by atoms with Crippen LogP contribution in [-0.2, 0) is 0 Å². The van der Waals surface area contributed by atoms with Gasteiger partial charge in [-0.2, -0.15) is 0 Å². The van der Waals surface area contributed by atoms with Gasteiger partial charge < -0.3 is 1.43 Å². The Labute approximate surface area is 293 Å². The Morgan fingerprint density at radius 2 is 0.429 bits per heavy atom. The van der Waals surface area contributed by atoms with Crippen molar-refractivity contribution in [2.75, 3.05) is 0 Å². The van der Waals surface area contributed by atoms with Gasteiger partial charge >= 0.3 is 29.6 Å². The standard InChI is InChI=1S/C41H84.Na.H/c1-4-7-9-11-13-15-17-19-21-23-25-27-29-31-33-35-37-40-41(38-6-3)39-36-34-32-30-28-26-24-22-20-18-16-14-12-10-8-5-2;;/h41H,4-40H2,1-3H3;;/q;+1;-1. The summed E-state index contributed by atoms with van der Waals surface area (Å²) >= 11 is 0. The first-order valence-corrected chi connectivity index (χ1v) is 20.3. The van der Waals surface area contributed by atoms with Gasteiger partial charge in [-0.1, -0.05) is 258 Å². The fraction of sp³-hybridized carbons (Fsp3) is 1.00. The third-order valence-corrected chi connectivity index (χ3v) is 9.88. The van der Waals surface area contributed by atoms with Crippen molar-refractivity contribution in [3.05, 3.63) is 0 Å². The summed E-state index contributed by atoms with van der Waals surface area (Å²) in [7, 11) is 0. The normalized spacial score (nSPS) is 12.1. The first-order chi connectivity index (χ1) is 20.3. The Bertz CT molecular complexity index is 439. The van der Waals surface area contributed by atoms with Gasteiger partial charge in [0.25, 0.3) is 0 Å². The molecule has 0 bridgehead atoms. The smallest absolute Gasteiger partial charge is 1.00 e. The van der Waals surface area contributed by atoms with Crippen LogP contribution in [0.4, 0.5) is 0 Å². The van der Waals surface area contributed by atoms with E-state index in [2.05, 4.69) is 20.8 Å². The third kappa shape index (κ3) is 39.0. The van der Waals surface area contributed by atoms with Crippen LogP contribution in [-0.4, -0.2) is 0 Å². The summed E-state index contributed by atoms with van der Waals surface area (Å²) < 4.78 is 0. The van der Waals surface area contributed by atoms with Crippen molar-refractivity contribution in [1.82, 2.24) is 0 Å². The Morgan fingerprint density at radius 1 is 0.238 bits per heavy atom. The van der Waals surface area contributed by atoms with Crippen LogP contribution in [0.5, 0.6) is 0 Å². The molecule has 0 aliphatic carbocycles. The molecule has 0 aliphatic rings. The first kappa shape index (κ1) is 45.1. The van der Waals surface area contributed by atoms with Gasteiger partial charge in [0.2, 0.25) is 0 Å². The van der Waals surface area contributed by atoms with Gasteiger partial charge in [0.15, 0.2) is 0 Å². The molecule has 250 valence electrons. The van der Waals surface area contributed by atoms with E-state index in [9.17, 15) is 0 Å². The van der Waals surface area contributed by atoms with E-state index in [1.54, 1.807) is 0 Å². The fourth-order valence-electron chi connectivity index (χ4n) is 6.98. The van der Waals surface area contributed by atoms with Crippen molar-refractivity contribution in [3.63, 3.8) is 0 Å². The van der Waals surface area contributed by atoms with Crippen molar-refractivity contribution < 1.29 is 31.0 Å². The summed E-state index contributed by atoms with van der Waals surface area (Å²) in [6.07, 6.45) is 54.8. The molecule has 1 unspecified atom stereocenters. The second-order valence-electron chi connectivity index (χ2n) is 14.2. The van der Waals surface area contributed by atoms with Crippen molar-refractivity contribution in [1.29, 1.82) is 0 Å². The molecule has 0 spiro atoms. The molecule has 0 amide bonds. The maximum absolute atomic E-state index is 2.40. The van der Waals surface area contributed by atoms with E-state index in [4.69, 9.17) is 0 Å². The molecular formula is C41H85Na. The summed E-state index contributed by atoms with van der Waals surface area (Å²) in [5.74, 6) is 1.03. The average Bonchev–Trinajstić information content (AvgIpc) is 2.98. The topological polar surface area (TPSA) is 0 Å². The molecule has 0 aromatic heterocycles. The quantitative estimate of drug-likeness (QED) is 0.0491. The largest absolute Gasteiger partial charge is 1.00 e. The van der Waals surface area contributed by atoms with E-state index < -0.39 is 0 Å². The Hall–Kier alpha value is 1.00. The molecule has 0 saturated carbocycles. The van der Waals surface area contributed by atoms with Crippen LogP contribution >= 0.6 is 0 Å². The van der Waals surface area contributed by atoms with Crippen LogP contribution < -0.4 is 29.6 Å². The van der Waals surface area contributed by atoms with Crippen LogP contribution in [0.15, 0.2) is 0 Å². The van der Waals surface area contributed by atoms with E-state index in [1.807, 2.05) is 0 Å². The number of hydrogen-bond donors (Lipinski definition) is 0. The molecule has 0 radical (unpaired) electrons. The monoisotopic (exact) mass is 601 g/mol. The Morgan fingerprint density at radius 3 is 0.619 bits per heavy atom. The van der Waals surface area contributed by atoms with Crippen LogP contribution in [0, 0.1) is 5.92 Å². The number of rotatable bonds is 37. The van der Waals surface area contributed by atoms with Gasteiger partial charge in [-0.15, -0.1) is 0 Å². The number of hydrogen-bond acceptors (Lipinski definition) is 0. The van der Waals surface area contributed by atoms with Crippen molar-refractivity contribution in [3.8, 4) is 0 Å². The van der Waals surface area contributed by atoms with Crippen LogP contribution in [0.2, 0.25) is 0 Å². The van der Waals surface area contributed by atoms with Crippen molar-refractivity contribution in [2.24, 2.45) is 5.92 Å². The minimum Gasteiger partial charge on any atom is -1.00 e. The molecule has 0 fully saturated rings. The molecule has 1 atom stereocenters. The summed E-state index contributed by atoms with van der Waals surface area (Å²) in [6.45, 7) is 7.02.